The van der Waals surface area contributed by atoms with Crippen molar-refractivity contribution >= 4 is 23.0 Å². The number of carbonyl (C=O) groups is 1. The van der Waals surface area contributed by atoms with Crippen molar-refractivity contribution in [3.05, 3.63) is 48.0 Å². The summed E-state index contributed by atoms with van der Waals surface area (Å²) in [5, 5.41) is 2.80. The zero-order valence-electron chi connectivity index (χ0n) is 11.2. The molecular weight excluding hydrogens is 254 g/mol. The van der Waals surface area contributed by atoms with Crippen LogP contribution in [0.3, 0.4) is 0 Å². The Morgan fingerprint density at radius 3 is 2.40 bits per heavy atom. The first-order valence-corrected chi connectivity index (χ1v) is 6.29. The molecule has 0 heterocycles. The summed E-state index contributed by atoms with van der Waals surface area (Å²) in [6.07, 6.45) is 0. The Hall–Kier alpha value is -2.69. The van der Waals surface area contributed by atoms with E-state index in [1.807, 2.05) is 6.92 Å². The van der Waals surface area contributed by atoms with Gasteiger partial charge in [-0.15, -0.1) is 0 Å². The SMILES string of the molecule is CCOc1cc(N)ccc1NC(=O)c1ccc(N)cc1. The van der Waals surface area contributed by atoms with E-state index < -0.39 is 0 Å². The van der Waals surface area contributed by atoms with Gasteiger partial charge in [0.05, 0.1) is 12.3 Å². The Bertz CT molecular complexity index is 609. The highest BCUT2D eigenvalue weighted by Crippen LogP contribution is 2.27. The lowest BCUT2D eigenvalue weighted by Crippen LogP contribution is -2.13. The summed E-state index contributed by atoms with van der Waals surface area (Å²) < 4.78 is 5.46. The van der Waals surface area contributed by atoms with Crippen molar-refractivity contribution in [2.45, 2.75) is 6.92 Å². The molecule has 1 amide bonds. The van der Waals surface area contributed by atoms with E-state index in [1.165, 1.54) is 0 Å². The van der Waals surface area contributed by atoms with Crippen LogP contribution in [0.25, 0.3) is 0 Å². The Labute approximate surface area is 117 Å². The molecule has 0 aliphatic carbocycles. The number of amides is 1. The number of hydrogen-bond donors (Lipinski definition) is 3. The number of nitrogens with two attached hydrogens (primary N) is 2. The van der Waals surface area contributed by atoms with Crippen LogP contribution in [-0.4, -0.2) is 12.5 Å². The van der Waals surface area contributed by atoms with E-state index in [1.54, 1.807) is 42.5 Å². The molecule has 104 valence electrons. The molecule has 5 N–H and O–H groups in total. The van der Waals surface area contributed by atoms with Crippen molar-refractivity contribution in [3.63, 3.8) is 0 Å². The normalized spacial score (nSPS) is 10.1. The molecule has 5 heteroatoms. The average molecular weight is 271 g/mol. The number of carbonyl (C=O) groups excluding carboxylic acids is 1. The minimum Gasteiger partial charge on any atom is -0.492 e. The van der Waals surface area contributed by atoms with Gasteiger partial charge in [-0.05, 0) is 43.3 Å². The summed E-state index contributed by atoms with van der Waals surface area (Å²) >= 11 is 0. The Morgan fingerprint density at radius 2 is 1.75 bits per heavy atom. The second kappa shape index (κ2) is 5.97. The molecule has 0 atom stereocenters. The number of benzene rings is 2. The van der Waals surface area contributed by atoms with E-state index in [0.717, 1.165) is 0 Å². The van der Waals surface area contributed by atoms with Gasteiger partial charge in [0.1, 0.15) is 5.75 Å². The molecule has 20 heavy (non-hydrogen) atoms. The lowest BCUT2D eigenvalue weighted by Gasteiger charge is -2.12. The first kappa shape index (κ1) is 13.7. The minimum atomic E-state index is -0.226. The predicted molar refractivity (Wildman–Crippen MR) is 80.8 cm³/mol. The highest BCUT2D eigenvalue weighted by Gasteiger charge is 2.10. The van der Waals surface area contributed by atoms with E-state index >= 15 is 0 Å². The third-order valence-electron chi connectivity index (χ3n) is 2.73. The molecular formula is C15H17N3O2. The Balaban J connectivity index is 2.21. The molecule has 0 aliphatic rings. The number of nitrogens with one attached hydrogen (secondary N) is 1. The maximum Gasteiger partial charge on any atom is 0.255 e. The Morgan fingerprint density at radius 1 is 1.10 bits per heavy atom. The van der Waals surface area contributed by atoms with Gasteiger partial charge in [0.25, 0.3) is 5.91 Å². The van der Waals surface area contributed by atoms with E-state index in [-0.39, 0.29) is 5.91 Å². The molecule has 0 bridgehead atoms. The number of hydrogen-bond acceptors (Lipinski definition) is 4. The first-order chi connectivity index (χ1) is 9.60. The van der Waals surface area contributed by atoms with Crippen LogP contribution >= 0.6 is 0 Å². The van der Waals surface area contributed by atoms with Crippen LogP contribution in [0, 0.1) is 0 Å². The summed E-state index contributed by atoms with van der Waals surface area (Å²) in [7, 11) is 0. The maximum atomic E-state index is 12.1. The van der Waals surface area contributed by atoms with Crippen molar-refractivity contribution in [1.82, 2.24) is 0 Å². The summed E-state index contributed by atoms with van der Waals surface area (Å²) in [5.41, 5.74) is 13.6. The van der Waals surface area contributed by atoms with Crippen molar-refractivity contribution in [2.24, 2.45) is 0 Å². The summed E-state index contributed by atoms with van der Waals surface area (Å²) in [4.78, 5) is 12.1. The van der Waals surface area contributed by atoms with Crippen LogP contribution in [-0.2, 0) is 0 Å². The van der Waals surface area contributed by atoms with E-state index in [9.17, 15) is 4.79 Å². The smallest absolute Gasteiger partial charge is 0.255 e. The van der Waals surface area contributed by atoms with Crippen LogP contribution in [0.5, 0.6) is 5.75 Å². The van der Waals surface area contributed by atoms with Gasteiger partial charge >= 0.3 is 0 Å². The monoisotopic (exact) mass is 271 g/mol. The quantitative estimate of drug-likeness (QED) is 0.745. The molecule has 0 saturated heterocycles. The molecule has 0 spiro atoms. The fraction of sp³-hybridized carbons (Fsp3) is 0.133. The van der Waals surface area contributed by atoms with Crippen molar-refractivity contribution in [3.8, 4) is 5.75 Å². The van der Waals surface area contributed by atoms with Gasteiger partial charge in [-0.3, -0.25) is 4.79 Å². The summed E-state index contributed by atoms with van der Waals surface area (Å²) in [6.45, 7) is 2.36. The third kappa shape index (κ3) is 3.20. The van der Waals surface area contributed by atoms with Gasteiger partial charge in [0, 0.05) is 23.0 Å². The topological polar surface area (TPSA) is 90.4 Å². The van der Waals surface area contributed by atoms with Crippen LogP contribution < -0.4 is 21.5 Å². The van der Waals surface area contributed by atoms with E-state index in [0.29, 0.717) is 35.0 Å². The first-order valence-electron chi connectivity index (χ1n) is 6.29. The molecule has 2 rings (SSSR count). The van der Waals surface area contributed by atoms with Gasteiger partial charge in [-0.25, -0.2) is 0 Å². The molecule has 0 fully saturated rings. The second-order valence-electron chi connectivity index (χ2n) is 4.26. The minimum absolute atomic E-state index is 0.226. The number of rotatable bonds is 4. The zero-order valence-corrected chi connectivity index (χ0v) is 11.2. The maximum absolute atomic E-state index is 12.1. The van der Waals surface area contributed by atoms with Gasteiger partial charge in [0.15, 0.2) is 0 Å². The highest BCUT2D eigenvalue weighted by atomic mass is 16.5. The number of nitrogen functional groups attached to an aromatic ring is 2. The number of anilines is 3. The van der Waals surface area contributed by atoms with Crippen LogP contribution in [0.2, 0.25) is 0 Å². The molecule has 2 aromatic carbocycles. The largest absolute Gasteiger partial charge is 0.492 e. The zero-order chi connectivity index (χ0) is 14.5. The van der Waals surface area contributed by atoms with Crippen molar-refractivity contribution in [2.75, 3.05) is 23.4 Å². The van der Waals surface area contributed by atoms with Crippen molar-refractivity contribution in [1.29, 1.82) is 0 Å². The predicted octanol–water partition coefficient (Wildman–Crippen LogP) is 2.50. The molecule has 0 aliphatic heterocycles. The lowest BCUT2D eigenvalue weighted by atomic mass is 10.2. The van der Waals surface area contributed by atoms with Gasteiger partial charge in [-0.2, -0.15) is 0 Å². The average Bonchev–Trinajstić information content (AvgIpc) is 2.43. The standard InChI is InChI=1S/C15H17N3O2/c1-2-20-14-9-12(17)7-8-13(14)18-15(19)10-3-5-11(16)6-4-10/h3-9H,2,16-17H2,1H3,(H,18,19). The van der Waals surface area contributed by atoms with Crippen LogP contribution in [0.1, 0.15) is 17.3 Å². The third-order valence-corrected chi connectivity index (χ3v) is 2.73. The van der Waals surface area contributed by atoms with Gasteiger partial charge in [0.2, 0.25) is 0 Å². The lowest BCUT2D eigenvalue weighted by molar-refractivity contribution is 0.102. The van der Waals surface area contributed by atoms with Gasteiger partial charge in [-0.1, -0.05) is 0 Å². The molecule has 2 aromatic rings. The summed E-state index contributed by atoms with van der Waals surface area (Å²) in [6, 6.07) is 11.8. The molecule has 0 aromatic heterocycles. The second-order valence-corrected chi connectivity index (χ2v) is 4.26. The Kier molecular flexibility index (Phi) is 4.10. The van der Waals surface area contributed by atoms with Crippen molar-refractivity contribution < 1.29 is 9.53 Å². The van der Waals surface area contributed by atoms with Crippen LogP contribution in [0.4, 0.5) is 17.1 Å². The fourth-order valence-corrected chi connectivity index (χ4v) is 1.75. The molecule has 0 saturated carbocycles. The van der Waals surface area contributed by atoms with Gasteiger partial charge < -0.3 is 21.5 Å². The molecule has 0 unspecified atom stereocenters. The molecule has 5 nitrogen and oxygen atoms in total. The van der Waals surface area contributed by atoms with E-state index in [2.05, 4.69) is 5.32 Å². The fourth-order valence-electron chi connectivity index (χ4n) is 1.75. The van der Waals surface area contributed by atoms with Crippen LogP contribution in [0.15, 0.2) is 42.5 Å². The molecule has 0 radical (unpaired) electrons. The highest BCUT2D eigenvalue weighted by molar-refractivity contribution is 6.05. The number of ether oxygens (including phenoxy) is 1. The van der Waals surface area contributed by atoms with E-state index in [4.69, 9.17) is 16.2 Å². The summed E-state index contributed by atoms with van der Waals surface area (Å²) in [5.74, 6) is 0.326.